The quantitative estimate of drug-likeness (QED) is 0.641. The zero-order chi connectivity index (χ0) is 14.6. The minimum atomic E-state index is -0.717. The molecule has 2 N–H and O–H groups in total. The van der Waals surface area contributed by atoms with Gasteiger partial charge < -0.3 is 9.84 Å². The fraction of sp³-hybridized carbons (Fsp3) is 0.667. The number of ether oxygens (including phenoxy) is 1. The Morgan fingerprint density at radius 1 is 1.53 bits per heavy atom. The highest BCUT2D eigenvalue weighted by molar-refractivity contribution is 8.00. The minimum absolute atomic E-state index is 0.215. The summed E-state index contributed by atoms with van der Waals surface area (Å²) in [7, 11) is 0. The molecule has 0 aromatic carbocycles. The van der Waals surface area contributed by atoms with Gasteiger partial charge in [0, 0.05) is 5.54 Å². The summed E-state index contributed by atoms with van der Waals surface area (Å²) in [5.41, 5.74) is 0.214. The topological polar surface area (TPSA) is 78.2 Å². The maximum Gasteiger partial charge on any atom is 0.246 e. The van der Waals surface area contributed by atoms with E-state index < -0.39 is 12.3 Å². The molecule has 2 atom stereocenters. The molecule has 0 radical (unpaired) electrons. The Balaban J connectivity index is 2.92. The number of rotatable bonds is 5. The molecule has 1 aromatic rings. The van der Waals surface area contributed by atoms with Gasteiger partial charge >= 0.3 is 0 Å². The number of nitrogens with one attached hydrogen (secondary N) is 1. The van der Waals surface area contributed by atoms with Crippen LogP contribution < -0.4 is 10.1 Å². The van der Waals surface area contributed by atoms with Gasteiger partial charge in [0.15, 0.2) is 6.23 Å². The summed E-state index contributed by atoms with van der Waals surface area (Å²) in [4.78, 5) is 0. The second-order valence-corrected chi connectivity index (χ2v) is 6.99. The Labute approximate surface area is 122 Å². The number of aromatic nitrogens is 1. The SMILES string of the molecule is CSc1snc(O[C@H](NC(C)(C)C)C(C)O)c1C#N. The molecule has 0 bridgehead atoms. The molecular formula is C12H19N3O2S2. The summed E-state index contributed by atoms with van der Waals surface area (Å²) in [5.74, 6) is 0.277. The monoisotopic (exact) mass is 301 g/mol. The lowest BCUT2D eigenvalue weighted by Gasteiger charge is -2.30. The Hall–Kier alpha value is -0.810. The fourth-order valence-corrected chi connectivity index (χ4v) is 2.64. The standard InChI is InChI=1S/C12H19N3O2S2/c1-7(16)9(14-12(2,3)4)17-10-8(6-13)11(18-5)19-15-10/h7,9,14,16H,1-5H3/t7?,9-/m0/s1. The van der Waals surface area contributed by atoms with E-state index >= 15 is 0 Å². The molecule has 1 unspecified atom stereocenters. The van der Waals surface area contributed by atoms with Gasteiger partial charge in [0.2, 0.25) is 5.88 Å². The molecule has 5 nitrogen and oxygen atoms in total. The molecule has 0 saturated carbocycles. The van der Waals surface area contributed by atoms with Crippen molar-refractivity contribution in [1.82, 2.24) is 9.69 Å². The summed E-state index contributed by atoms with van der Waals surface area (Å²) in [6.45, 7) is 7.57. The van der Waals surface area contributed by atoms with Gasteiger partial charge in [0.25, 0.3) is 0 Å². The summed E-state index contributed by atoms with van der Waals surface area (Å²) >= 11 is 2.69. The number of thioether (sulfide) groups is 1. The van der Waals surface area contributed by atoms with Crippen LogP contribution >= 0.6 is 23.3 Å². The van der Waals surface area contributed by atoms with Crippen LogP contribution in [0.3, 0.4) is 0 Å². The van der Waals surface area contributed by atoms with E-state index in [2.05, 4.69) is 15.8 Å². The molecule has 0 fully saturated rings. The van der Waals surface area contributed by atoms with Crippen LogP contribution in [0.25, 0.3) is 0 Å². The summed E-state index contributed by atoms with van der Waals surface area (Å²) < 4.78 is 10.6. The Kier molecular flexibility index (Phi) is 5.62. The average Bonchev–Trinajstić information content (AvgIpc) is 2.68. The Bertz CT molecular complexity index is 461. The van der Waals surface area contributed by atoms with E-state index in [1.807, 2.05) is 27.0 Å². The maximum absolute atomic E-state index is 9.76. The van der Waals surface area contributed by atoms with Crippen LogP contribution in [0.4, 0.5) is 0 Å². The first-order valence-electron chi connectivity index (χ1n) is 5.84. The molecule has 0 aliphatic carbocycles. The number of nitriles is 1. The van der Waals surface area contributed by atoms with Crippen molar-refractivity contribution in [3.63, 3.8) is 0 Å². The molecule has 7 heteroatoms. The lowest BCUT2D eigenvalue weighted by atomic mass is 10.1. The molecule has 106 valence electrons. The summed E-state index contributed by atoms with van der Waals surface area (Å²) in [6, 6.07) is 2.09. The second kappa shape index (κ2) is 6.57. The van der Waals surface area contributed by atoms with Crippen LogP contribution in [0.2, 0.25) is 0 Å². The van der Waals surface area contributed by atoms with Gasteiger partial charge in [0.05, 0.1) is 0 Å². The van der Waals surface area contributed by atoms with Crippen LogP contribution in [0.5, 0.6) is 5.88 Å². The Morgan fingerprint density at radius 3 is 2.58 bits per heavy atom. The molecule has 0 aliphatic heterocycles. The lowest BCUT2D eigenvalue weighted by molar-refractivity contribution is 0.00894. The van der Waals surface area contributed by atoms with Gasteiger partial charge in [-0.05, 0) is 45.5 Å². The predicted molar refractivity (Wildman–Crippen MR) is 77.6 cm³/mol. The largest absolute Gasteiger partial charge is 0.454 e. The van der Waals surface area contributed by atoms with Crippen molar-refractivity contribution in [3.05, 3.63) is 5.56 Å². The van der Waals surface area contributed by atoms with Gasteiger partial charge in [-0.25, -0.2) is 0 Å². The molecular weight excluding hydrogens is 282 g/mol. The highest BCUT2D eigenvalue weighted by Crippen LogP contribution is 2.32. The van der Waals surface area contributed by atoms with Crippen LogP contribution in [-0.2, 0) is 0 Å². The van der Waals surface area contributed by atoms with Crippen molar-refractivity contribution in [2.45, 2.75) is 49.8 Å². The van der Waals surface area contributed by atoms with Crippen molar-refractivity contribution in [2.75, 3.05) is 6.26 Å². The molecule has 1 aromatic heterocycles. The first-order valence-corrected chi connectivity index (χ1v) is 7.84. The van der Waals surface area contributed by atoms with E-state index in [1.165, 1.54) is 23.3 Å². The van der Waals surface area contributed by atoms with Gasteiger partial charge in [0.1, 0.15) is 21.9 Å². The zero-order valence-electron chi connectivity index (χ0n) is 11.7. The average molecular weight is 301 g/mol. The molecule has 0 saturated heterocycles. The van der Waals surface area contributed by atoms with Crippen molar-refractivity contribution in [2.24, 2.45) is 0 Å². The highest BCUT2D eigenvalue weighted by atomic mass is 32.2. The molecule has 0 amide bonds. The zero-order valence-corrected chi connectivity index (χ0v) is 13.4. The van der Waals surface area contributed by atoms with E-state index in [9.17, 15) is 5.11 Å². The molecule has 1 heterocycles. The van der Waals surface area contributed by atoms with Crippen molar-refractivity contribution in [1.29, 1.82) is 5.26 Å². The van der Waals surface area contributed by atoms with E-state index in [4.69, 9.17) is 10.00 Å². The smallest absolute Gasteiger partial charge is 0.246 e. The van der Waals surface area contributed by atoms with Crippen LogP contribution in [0.1, 0.15) is 33.3 Å². The normalized spacial score (nSPS) is 14.8. The van der Waals surface area contributed by atoms with Crippen molar-refractivity contribution < 1.29 is 9.84 Å². The molecule has 1 rings (SSSR count). The van der Waals surface area contributed by atoms with E-state index in [0.717, 1.165) is 4.21 Å². The number of aliphatic hydroxyl groups is 1. The van der Waals surface area contributed by atoms with E-state index in [0.29, 0.717) is 5.56 Å². The minimum Gasteiger partial charge on any atom is -0.454 e. The van der Waals surface area contributed by atoms with Crippen LogP contribution in [0, 0.1) is 11.3 Å². The third-order valence-corrected chi connectivity index (χ3v) is 4.10. The number of hydrogen-bond donors (Lipinski definition) is 2. The molecule has 0 spiro atoms. The third-order valence-electron chi connectivity index (χ3n) is 2.18. The first-order chi connectivity index (χ1) is 8.78. The fourth-order valence-electron chi connectivity index (χ4n) is 1.37. The van der Waals surface area contributed by atoms with Gasteiger partial charge in [-0.2, -0.15) is 9.64 Å². The summed E-state index contributed by atoms with van der Waals surface area (Å²) in [5, 5.41) is 22.1. The first kappa shape index (κ1) is 16.2. The summed E-state index contributed by atoms with van der Waals surface area (Å²) in [6.07, 6.45) is 0.562. The van der Waals surface area contributed by atoms with E-state index in [-0.39, 0.29) is 11.4 Å². The van der Waals surface area contributed by atoms with Gasteiger partial charge in [-0.15, -0.1) is 11.8 Å². The molecule has 0 aliphatic rings. The number of nitrogens with zero attached hydrogens (tertiary/aromatic N) is 2. The Morgan fingerprint density at radius 2 is 2.16 bits per heavy atom. The van der Waals surface area contributed by atoms with Crippen molar-refractivity contribution in [3.8, 4) is 11.9 Å². The van der Waals surface area contributed by atoms with Gasteiger partial charge in [-0.3, -0.25) is 5.32 Å². The van der Waals surface area contributed by atoms with Crippen LogP contribution in [0.15, 0.2) is 4.21 Å². The number of aliphatic hydroxyl groups excluding tert-OH is 1. The van der Waals surface area contributed by atoms with Crippen molar-refractivity contribution >= 4 is 23.3 Å². The second-order valence-electron chi connectivity index (χ2n) is 5.14. The molecule has 19 heavy (non-hydrogen) atoms. The maximum atomic E-state index is 9.76. The van der Waals surface area contributed by atoms with Crippen LogP contribution in [-0.4, -0.2) is 33.6 Å². The van der Waals surface area contributed by atoms with E-state index in [1.54, 1.807) is 6.92 Å². The lowest BCUT2D eigenvalue weighted by Crippen LogP contribution is -2.51. The predicted octanol–water partition coefficient (Wildman–Crippen LogP) is 2.21. The van der Waals surface area contributed by atoms with Gasteiger partial charge in [-0.1, -0.05) is 0 Å². The number of hydrogen-bond acceptors (Lipinski definition) is 7. The highest BCUT2D eigenvalue weighted by Gasteiger charge is 2.25. The third kappa shape index (κ3) is 4.66.